The fraction of sp³-hybridized carbons (Fsp3) is 0.267. The highest BCUT2D eigenvalue weighted by Crippen LogP contribution is 2.45. The second-order valence-corrected chi connectivity index (χ2v) is 9.00. The molecule has 0 saturated heterocycles. The average molecular weight is 544 g/mol. The van der Waals surface area contributed by atoms with Gasteiger partial charge in [-0.2, -0.15) is 0 Å². The second-order valence-electron chi connectivity index (χ2n) is 9.00. The zero-order chi connectivity index (χ0) is 28.2. The molecular weight excluding hydrogens is 513 g/mol. The van der Waals surface area contributed by atoms with Crippen LogP contribution in [-0.2, 0) is 9.53 Å². The maximum absolute atomic E-state index is 13.8. The van der Waals surface area contributed by atoms with Gasteiger partial charge >= 0.3 is 0 Å². The molecule has 0 aromatic heterocycles. The number of hydrogen-bond acceptors (Lipinski definition) is 6. The summed E-state index contributed by atoms with van der Waals surface area (Å²) in [5.41, 5.74) is 9.97. The van der Waals surface area contributed by atoms with E-state index in [2.05, 4.69) is 15.3 Å². The first-order valence-electron chi connectivity index (χ1n) is 12.9. The van der Waals surface area contributed by atoms with E-state index in [1.54, 1.807) is 48.5 Å². The molecule has 1 aliphatic heterocycles. The topological polar surface area (TPSA) is 129 Å². The molecule has 0 radical (unpaired) electrons. The molecule has 0 aliphatic carbocycles. The molecule has 3 aromatic carbocycles. The molecule has 0 unspecified atom stereocenters. The first-order chi connectivity index (χ1) is 19.6. The predicted octanol–water partition coefficient (Wildman–Crippen LogP) is 5.84. The van der Waals surface area contributed by atoms with E-state index in [-0.39, 0.29) is 25.5 Å². The van der Waals surface area contributed by atoms with E-state index in [4.69, 9.17) is 19.6 Å². The zero-order valence-corrected chi connectivity index (χ0v) is 21.8. The maximum Gasteiger partial charge on any atom is 0.252 e. The summed E-state index contributed by atoms with van der Waals surface area (Å²) in [4.78, 5) is 21.5. The number of aliphatic imine (C=N–C) groups is 1. The van der Waals surface area contributed by atoms with Crippen LogP contribution >= 0.6 is 0 Å². The van der Waals surface area contributed by atoms with Gasteiger partial charge in [-0.1, -0.05) is 71.9 Å². The highest BCUT2D eigenvalue weighted by Gasteiger charge is 2.53. The van der Waals surface area contributed by atoms with E-state index in [9.17, 15) is 14.7 Å². The van der Waals surface area contributed by atoms with Crippen LogP contribution < -0.4 is 10.1 Å². The van der Waals surface area contributed by atoms with E-state index in [0.717, 1.165) is 5.56 Å². The number of azide groups is 1. The number of amides is 1. The molecule has 0 spiro atoms. The van der Waals surface area contributed by atoms with Crippen molar-refractivity contribution >= 4 is 23.6 Å². The molecule has 0 fully saturated rings. The van der Waals surface area contributed by atoms with Gasteiger partial charge < -0.3 is 19.9 Å². The Kier molecular flexibility index (Phi) is 9.88. The summed E-state index contributed by atoms with van der Waals surface area (Å²) in [6.45, 7) is -0.515. The fourth-order valence-electron chi connectivity index (χ4n) is 4.39. The molecule has 1 heterocycles. The summed E-state index contributed by atoms with van der Waals surface area (Å²) in [7, 11) is 0. The van der Waals surface area contributed by atoms with E-state index in [1.165, 1.54) is 0 Å². The largest absolute Gasteiger partial charge is 0.494 e. The Hall–Kier alpha value is -4.66. The molecule has 0 saturated carbocycles. The van der Waals surface area contributed by atoms with E-state index in [0.29, 0.717) is 35.6 Å². The van der Waals surface area contributed by atoms with E-state index < -0.39 is 24.2 Å². The summed E-state index contributed by atoms with van der Waals surface area (Å²) in [6, 6.07) is 23.5. The van der Waals surface area contributed by atoms with Gasteiger partial charge in [-0.05, 0) is 35.4 Å². The minimum absolute atomic E-state index is 0.0344. The van der Waals surface area contributed by atoms with Gasteiger partial charge in [-0.15, -0.1) is 0 Å². The second kappa shape index (κ2) is 13.9. The molecule has 9 nitrogen and oxygen atoms in total. The smallest absolute Gasteiger partial charge is 0.252 e. The van der Waals surface area contributed by atoms with Crippen LogP contribution in [0, 0.1) is 0 Å². The van der Waals surface area contributed by atoms with Crippen molar-refractivity contribution < 1.29 is 23.8 Å². The SMILES string of the molecule is [N-]=[N+]=Nc1ccccc1[C@H]1OC(c2ccc(OCCCO)cc2)=N[C@@]1(C/C=C/c1ccccc1)C(=O)NCCF. The maximum atomic E-state index is 13.8. The third-order valence-electron chi connectivity index (χ3n) is 6.32. The number of carbonyl (C=O) groups excluding carboxylic acids is 1. The molecule has 1 amide bonds. The first-order valence-corrected chi connectivity index (χ1v) is 12.9. The normalized spacial score (nSPS) is 18.1. The molecule has 4 rings (SSSR count). The number of aliphatic hydroxyl groups is 1. The van der Waals surface area contributed by atoms with Crippen LogP contribution in [0.4, 0.5) is 10.1 Å². The monoisotopic (exact) mass is 543 g/mol. The van der Waals surface area contributed by atoms with Gasteiger partial charge in [0.2, 0.25) is 5.90 Å². The Balaban J connectivity index is 1.78. The van der Waals surface area contributed by atoms with Crippen molar-refractivity contribution in [2.24, 2.45) is 10.1 Å². The number of aliphatic hydroxyl groups excluding tert-OH is 1. The van der Waals surface area contributed by atoms with Gasteiger partial charge in [-0.25, -0.2) is 9.38 Å². The molecule has 2 N–H and O–H groups in total. The zero-order valence-electron chi connectivity index (χ0n) is 21.8. The Bertz CT molecular complexity index is 1390. The minimum Gasteiger partial charge on any atom is -0.494 e. The minimum atomic E-state index is -1.52. The van der Waals surface area contributed by atoms with Crippen LogP contribution in [0.2, 0.25) is 0 Å². The number of ether oxygens (including phenoxy) is 2. The van der Waals surface area contributed by atoms with Gasteiger partial charge in [0, 0.05) is 47.7 Å². The van der Waals surface area contributed by atoms with Crippen molar-refractivity contribution in [1.82, 2.24) is 5.32 Å². The van der Waals surface area contributed by atoms with E-state index >= 15 is 0 Å². The van der Waals surface area contributed by atoms with Crippen molar-refractivity contribution in [3.05, 3.63) is 112 Å². The molecule has 2 atom stereocenters. The van der Waals surface area contributed by atoms with Gasteiger partial charge in [0.05, 0.1) is 6.61 Å². The van der Waals surface area contributed by atoms with Crippen LogP contribution in [0.3, 0.4) is 0 Å². The quantitative estimate of drug-likeness (QED) is 0.121. The number of halogens is 1. The van der Waals surface area contributed by atoms with Crippen LogP contribution in [0.15, 0.2) is 95.0 Å². The predicted molar refractivity (Wildman–Crippen MR) is 151 cm³/mol. The Morgan fingerprint density at radius 2 is 1.90 bits per heavy atom. The number of alkyl halides is 1. The number of nitrogens with one attached hydrogen (secondary N) is 1. The van der Waals surface area contributed by atoms with Crippen molar-refractivity contribution in [3.63, 3.8) is 0 Å². The Morgan fingerprint density at radius 1 is 1.15 bits per heavy atom. The first kappa shape index (κ1) is 28.4. The third kappa shape index (κ3) is 6.66. The summed E-state index contributed by atoms with van der Waals surface area (Å²) >= 11 is 0. The van der Waals surface area contributed by atoms with Crippen LogP contribution in [0.5, 0.6) is 5.75 Å². The van der Waals surface area contributed by atoms with Crippen LogP contribution in [0.25, 0.3) is 16.5 Å². The standard InChI is InChI=1S/C30H30FN5O4/c31-18-19-33-29(38)30(17-6-10-22-8-2-1-3-9-22)27(25-11-4-5-12-26(25)35-36-32)40-28(34-30)23-13-15-24(16-14-23)39-21-7-20-37/h1-6,8-16,27,37H,7,17-21H2,(H,33,38)/b10-6+/t27-,30-/m1/s1. The summed E-state index contributed by atoms with van der Waals surface area (Å²) < 4.78 is 25.1. The molecular formula is C30H30FN5O4. The van der Waals surface area contributed by atoms with Crippen molar-refractivity contribution in [1.29, 1.82) is 0 Å². The molecule has 206 valence electrons. The molecule has 10 heteroatoms. The highest BCUT2D eigenvalue weighted by molar-refractivity contribution is 6.01. The number of hydrogen-bond donors (Lipinski definition) is 2. The highest BCUT2D eigenvalue weighted by atomic mass is 19.1. The summed E-state index contributed by atoms with van der Waals surface area (Å²) in [5, 5.41) is 15.4. The van der Waals surface area contributed by atoms with Crippen LogP contribution in [-0.4, -0.2) is 48.9 Å². The van der Waals surface area contributed by atoms with E-state index in [1.807, 2.05) is 42.5 Å². The molecule has 40 heavy (non-hydrogen) atoms. The van der Waals surface area contributed by atoms with Crippen molar-refractivity contribution in [3.8, 4) is 5.75 Å². The average Bonchev–Trinajstić information content (AvgIpc) is 3.38. The van der Waals surface area contributed by atoms with Crippen LogP contribution in [0.1, 0.15) is 35.6 Å². The number of rotatable bonds is 13. The van der Waals surface area contributed by atoms with Gasteiger partial charge in [0.15, 0.2) is 11.6 Å². The van der Waals surface area contributed by atoms with Gasteiger partial charge in [-0.3, -0.25) is 4.79 Å². The lowest BCUT2D eigenvalue weighted by Crippen LogP contribution is -2.48. The van der Waals surface area contributed by atoms with Gasteiger partial charge in [0.1, 0.15) is 12.4 Å². The molecule has 1 aliphatic rings. The third-order valence-corrected chi connectivity index (χ3v) is 6.32. The lowest BCUT2D eigenvalue weighted by molar-refractivity contribution is -0.128. The molecule has 3 aromatic rings. The number of nitrogens with zero attached hydrogens (tertiary/aromatic N) is 4. The Morgan fingerprint density at radius 3 is 2.62 bits per heavy atom. The number of benzene rings is 3. The van der Waals surface area contributed by atoms with Crippen molar-refractivity contribution in [2.45, 2.75) is 24.5 Å². The number of carbonyl (C=O) groups is 1. The van der Waals surface area contributed by atoms with Crippen molar-refractivity contribution in [2.75, 3.05) is 26.4 Å². The van der Waals surface area contributed by atoms with Gasteiger partial charge in [0.25, 0.3) is 5.91 Å². The molecule has 0 bridgehead atoms. The summed E-state index contributed by atoms with van der Waals surface area (Å²) in [5.74, 6) is 0.313. The summed E-state index contributed by atoms with van der Waals surface area (Å²) in [6.07, 6.45) is 3.39. The Labute approximate surface area is 231 Å². The fourth-order valence-corrected chi connectivity index (χ4v) is 4.39. The lowest BCUT2D eigenvalue weighted by atomic mass is 9.83. The lowest BCUT2D eigenvalue weighted by Gasteiger charge is -2.30.